The van der Waals surface area contributed by atoms with Gasteiger partial charge in [0.25, 0.3) is 0 Å². The summed E-state index contributed by atoms with van der Waals surface area (Å²) >= 11 is 0. The molecule has 0 aliphatic rings. The number of nitrogens with zero attached hydrogens (tertiary/aromatic N) is 2. The Morgan fingerprint density at radius 3 is 1.89 bits per heavy atom. The lowest BCUT2D eigenvalue weighted by Crippen LogP contribution is -2.53. The molecule has 0 aromatic heterocycles. The van der Waals surface area contributed by atoms with Crippen molar-refractivity contribution in [3.63, 3.8) is 0 Å². The summed E-state index contributed by atoms with van der Waals surface area (Å²) < 4.78 is 36.7. The molecule has 2 aromatic rings. The average Bonchev–Trinajstić information content (AvgIpc) is 2.86. The van der Waals surface area contributed by atoms with Crippen LogP contribution in [0.2, 0.25) is 0 Å². The first-order chi connectivity index (χ1) is 17.0. The lowest BCUT2D eigenvalue weighted by Gasteiger charge is -2.33. The molecule has 0 radical (unpaired) electrons. The topological polar surface area (TPSA) is 105 Å². The maximum atomic E-state index is 13.7. The first kappa shape index (κ1) is 29.0. The molecule has 0 unspecified atom stereocenters. The summed E-state index contributed by atoms with van der Waals surface area (Å²) in [5.41, 5.74) is 1.11. The molecular weight excluding hydrogens is 482 g/mol. The number of nitrogens with one attached hydrogen (secondary N) is 1. The van der Waals surface area contributed by atoms with E-state index in [0.717, 1.165) is 22.5 Å². The molecular formula is C26H37N3O6S. The minimum Gasteiger partial charge on any atom is -0.497 e. The number of anilines is 1. The highest BCUT2D eigenvalue weighted by atomic mass is 32.2. The molecule has 2 amide bonds. The van der Waals surface area contributed by atoms with Crippen molar-refractivity contribution in [2.75, 3.05) is 31.3 Å². The summed E-state index contributed by atoms with van der Waals surface area (Å²) in [4.78, 5) is 28.3. The molecule has 1 N–H and O–H groups in total. The normalized spacial score (nSPS) is 12.8. The molecule has 0 fully saturated rings. The maximum Gasteiger partial charge on any atom is 0.244 e. The van der Waals surface area contributed by atoms with E-state index in [1.54, 1.807) is 43.5 Å². The first-order valence-electron chi connectivity index (χ1n) is 11.9. The van der Waals surface area contributed by atoms with E-state index in [0.29, 0.717) is 23.6 Å². The number of ether oxygens (including phenoxy) is 2. The Kier molecular flexibility index (Phi) is 10.6. The Hall–Kier alpha value is -3.27. The van der Waals surface area contributed by atoms with Crippen LogP contribution >= 0.6 is 0 Å². The van der Waals surface area contributed by atoms with Crippen molar-refractivity contribution in [3.8, 4) is 11.5 Å². The van der Waals surface area contributed by atoms with Gasteiger partial charge in [0.2, 0.25) is 21.8 Å². The Morgan fingerprint density at radius 2 is 1.44 bits per heavy atom. The lowest BCUT2D eigenvalue weighted by atomic mass is 10.1. The van der Waals surface area contributed by atoms with Gasteiger partial charge in [-0.2, -0.15) is 0 Å². The van der Waals surface area contributed by atoms with Crippen molar-refractivity contribution in [1.82, 2.24) is 10.2 Å². The number of sulfonamides is 1. The minimum absolute atomic E-state index is 0.0590. The molecule has 10 heteroatoms. The number of hydrogen-bond donors (Lipinski definition) is 1. The van der Waals surface area contributed by atoms with E-state index in [9.17, 15) is 18.0 Å². The smallest absolute Gasteiger partial charge is 0.244 e. The molecule has 198 valence electrons. The van der Waals surface area contributed by atoms with Crippen LogP contribution in [0.5, 0.6) is 11.5 Å². The van der Waals surface area contributed by atoms with E-state index in [2.05, 4.69) is 5.32 Å². The molecule has 0 saturated carbocycles. The van der Waals surface area contributed by atoms with Gasteiger partial charge in [-0.15, -0.1) is 0 Å². The first-order valence-corrected chi connectivity index (χ1v) is 13.7. The van der Waals surface area contributed by atoms with Gasteiger partial charge in [-0.3, -0.25) is 13.9 Å². The second kappa shape index (κ2) is 13.2. The zero-order chi connectivity index (χ0) is 26.9. The lowest BCUT2D eigenvalue weighted by molar-refractivity contribution is -0.140. The van der Waals surface area contributed by atoms with Gasteiger partial charge in [-0.1, -0.05) is 26.0 Å². The number of rotatable bonds is 13. The van der Waals surface area contributed by atoms with Gasteiger partial charge in [-0.25, -0.2) is 8.42 Å². The largest absolute Gasteiger partial charge is 0.497 e. The Balaban J connectivity index is 2.42. The van der Waals surface area contributed by atoms with Gasteiger partial charge >= 0.3 is 0 Å². The second-order valence-electron chi connectivity index (χ2n) is 8.58. The highest BCUT2D eigenvalue weighted by Gasteiger charge is 2.32. The monoisotopic (exact) mass is 519 g/mol. The quantitative estimate of drug-likeness (QED) is 0.436. The van der Waals surface area contributed by atoms with Gasteiger partial charge in [0.05, 0.1) is 26.2 Å². The van der Waals surface area contributed by atoms with E-state index in [4.69, 9.17) is 9.47 Å². The SMILES string of the molecule is CC[C@H](C)NC(=O)[C@H](CC)N(Cc1ccc(OC)cc1)C(=O)CN(c1ccc(OC)cc1)S(C)(=O)=O. The second-order valence-corrected chi connectivity index (χ2v) is 10.5. The zero-order valence-electron chi connectivity index (χ0n) is 21.9. The maximum absolute atomic E-state index is 13.7. The molecule has 2 rings (SSSR count). The van der Waals surface area contributed by atoms with Crippen LogP contribution in [0.1, 0.15) is 39.2 Å². The predicted molar refractivity (Wildman–Crippen MR) is 141 cm³/mol. The summed E-state index contributed by atoms with van der Waals surface area (Å²) in [6.07, 6.45) is 2.16. The van der Waals surface area contributed by atoms with Gasteiger partial charge in [0.1, 0.15) is 24.1 Å². The molecule has 0 aliphatic carbocycles. The van der Waals surface area contributed by atoms with Gasteiger partial charge in [0, 0.05) is 12.6 Å². The minimum atomic E-state index is -3.80. The van der Waals surface area contributed by atoms with Crippen LogP contribution in [0.4, 0.5) is 5.69 Å². The van der Waals surface area contributed by atoms with Gasteiger partial charge in [0.15, 0.2) is 0 Å². The van der Waals surface area contributed by atoms with Crippen LogP contribution in [0.3, 0.4) is 0 Å². The summed E-state index contributed by atoms with van der Waals surface area (Å²) in [5, 5.41) is 2.95. The van der Waals surface area contributed by atoms with Crippen LogP contribution in [-0.2, 0) is 26.2 Å². The van der Waals surface area contributed by atoms with E-state index in [1.807, 2.05) is 32.9 Å². The molecule has 2 aromatic carbocycles. The van der Waals surface area contributed by atoms with E-state index >= 15 is 0 Å². The van der Waals surface area contributed by atoms with Gasteiger partial charge in [-0.05, 0) is 61.7 Å². The van der Waals surface area contributed by atoms with Crippen molar-refractivity contribution in [2.45, 2.75) is 52.2 Å². The molecule has 2 atom stereocenters. The van der Waals surface area contributed by atoms with Crippen molar-refractivity contribution in [2.24, 2.45) is 0 Å². The van der Waals surface area contributed by atoms with Crippen molar-refractivity contribution in [1.29, 1.82) is 0 Å². The van der Waals surface area contributed by atoms with E-state index in [-0.39, 0.29) is 18.5 Å². The predicted octanol–water partition coefficient (Wildman–Crippen LogP) is 3.19. The van der Waals surface area contributed by atoms with Crippen LogP contribution in [0, 0.1) is 0 Å². The van der Waals surface area contributed by atoms with Crippen LogP contribution in [0.15, 0.2) is 48.5 Å². The third kappa shape index (κ3) is 7.87. The Bertz CT molecular complexity index is 1100. The Labute approximate surface area is 214 Å². The van der Waals surface area contributed by atoms with Gasteiger partial charge < -0.3 is 19.7 Å². The molecule has 9 nitrogen and oxygen atoms in total. The number of hydrogen-bond acceptors (Lipinski definition) is 6. The molecule has 0 aliphatic heterocycles. The molecule has 0 heterocycles. The summed E-state index contributed by atoms with van der Waals surface area (Å²) in [7, 11) is -0.717. The molecule has 0 spiro atoms. The highest BCUT2D eigenvalue weighted by Crippen LogP contribution is 2.23. The average molecular weight is 520 g/mol. The summed E-state index contributed by atoms with van der Waals surface area (Å²) in [6, 6.07) is 12.8. The zero-order valence-corrected chi connectivity index (χ0v) is 22.7. The fourth-order valence-electron chi connectivity index (χ4n) is 3.65. The Morgan fingerprint density at radius 1 is 0.917 bits per heavy atom. The number of amides is 2. The third-order valence-corrected chi connectivity index (χ3v) is 7.08. The highest BCUT2D eigenvalue weighted by molar-refractivity contribution is 7.92. The molecule has 0 bridgehead atoms. The fourth-order valence-corrected chi connectivity index (χ4v) is 4.50. The standard InChI is InChI=1S/C26H37N3O6S/c1-7-19(3)27-26(31)24(8-2)28(17-20-9-13-22(34-4)14-10-20)25(30)18-29(36(6,32)33)21-11-15-23(35-5)16-12-21/h9-16,19,24H,7-8,17-18H2,1-6H3,(H,27,31)/t19-,24-/m0/s1. The number of methoxy groups -OCH3 is 2. The summed E-state index contributed by atoms with van der Waals surface area (Å²) in [5.74, 6) is 0.468. The molecule has 0 saturated heterocycles. The van der Waals surface area contributed by atoms with Crippen molar-refractivity contribution in [3.05, 3.63) is 54.1 Å². The molecule has 36 heavy (non-hydrogen) atoms. The number of benzene rings is 2. The summed E-state index contributed by atoms with van der Waals surface area (Å²) in [6.45, 7) is 5.37. The van der Waals surface area contributed by atoms with Crippen molar-refractivity contribution >= 4 is 27.5 Å². The third-order valence-electron chi connectivity index (χ3n) is 5.94. The van der Waals surface area contributed by atoms with Crippen LogP contribution in [0.25, 0.3) is 0 Å². The van der Waals surface area contributed by atoms with E-state index in [1.165, 1.54) is 12.0 Å². The van der Waals surface area contributed by atoms with Crippen LogP contribution < -0.4 is 19.1 Å². The van der Waals surface area contributed by atoms with E-state index < -0.39 is 28.5 Å². The number of carbonyl (C=O) groups excluding carboxylic acids is 2. The van der Waals surface area contributed by atoms with Crippen LogP contribution in [-0.4, -0.2) is 64.2 Å². The number of carbonyl (C=O) groups is 2. The van der Waals surface area contributed by atoms with Crippen molar-refractivity contribution < 1.29 is 27.5 Å². The fraction of sp³-hybridized carbons (Fsp3) is 0.462.